The maximum Gasteiger partial charge on any atom is 0.365 e. The molecule has 1 aliphatic heterocycles. The second-order valence-electron chi connectivity index (χ2n) is 5.74. The van der Waals surface area contributed by atoms with E-state index in [4.69, 9.17) is 4.84 Å². The molecule has 132 valence electrons. The third-order valence-electron chi connectivity index (χ3n) is 4.01. The highest BCUT2D eigenvalue weighted by atomic mass is 32.2. The van der Waals surface area contributed by atoms with Crippen LogP contribution in [0.4, 0.5) is 0 Å². The predicted molar refractivity (Wildman–Crippen MR) is 99.4 cm³/mol. The van der Waals surface area contributed by atoms with Crippen LogP contribution in [0.2, 0.25) is 0 Å². The summed E-state index contributed by atoms with van der Waals surface area (Å²) >= 11 is 1.40. The summed E-state index contributed by atoms with van der Waals surface area (Å²) < 4.78 is 0. The van der Waals surface area contributed by atoms with E-state index in [1.165, 1.54) is 23.9 Å². The zero-order valence-electron chi connectivity index (χ0n) is 14.0. The van der Waals surface area contributed by atoms with Gasteiger partial charge in [-0.05, 0) is 36.4 Å². The van der Waals surface area contributed by atoms with Crippen LogP contribution in [0.5, 0.6) is 0 Å². The van der Waals surface area contributed by atoms with Crippen molar-refractivity contribution in [3.8, 4) is 0 Å². The average Bonchev–Trinajstić information content (AvgIpc) is 2.94. The summed E-state index contributed by atoms with van der Waals surface area (Å²) in [6.07, 6.45) is 0. The highest BCUT2D eigenvalue weighted by Gasteiger charge is 2.39. The monoisotopic (exact) mass is 375 g/mol. The van der Waals surface area contributed by atoms with Gasteiger partial charge in [0.1, 0.15) is 0 Å². The highest BCUT2D eigenvalue weighted by Crippen LogP contribution is 2.31. The third kappa shape index (κ3) is 3.22. The number of carbonyl (C=O) groups is 3. The number of hydroxylamine groups is 2. The Hall–Kier alpha value is -3.38. The first-order valence-electron chi connectivity index (χ1n) is 8.17. The number of hydrogen-bond donors (Lipinski definition) is 0. The van der Waals surface area contributed by atoms with Gasteiger partial charge in [-0.3, -0.25) is 9.59 Å². The van der Waals surface area contributed by atoms with Crippen LogP contribution in [0.15, 0.2) is 88.7 Å². The Balaban J connectivity index is 1.58. The lowest BCUT2D eigenvalue weighted by Crippen LogP contribution is -2.32. The molecule has 6 heteroatoms. The molecule has 4 rings (SSSR count). The molecule has 0 aliphatic carbocycles. The van der Waals surface area contributed by atoms with E-state index in [1.807, 2.05) is 36.4 Å². The molecule has 0 atom stereocenters. The summed E-state index contributed by atoms with van der Waals surface area (Å²) in [4.78, 5) is 44.2. The topological polar surface area (TPSA) is 63.7 Å². The van der Waals surface area contributed by atoms with Gasteiger partial charge < -0.3 is 4.84 Å². The number of hydrogen-bond acceptors (Lipinski definition) is 5. The first-order chi connectivity index (χ1) is 13.1. The summed E-state index contributed by atoms with van der Waals surface area (Å²) in [5.41, 5.74) is 0.729. The Labute approximate surface area is 159 Å². The van der Waals surface area contributed by atoms with Crippen LogP contribution in [-0.4, -0.2) is 22.8 Å². The molecule has 0 unspecified atom stereocenters. The fourth-order valence-electron chi connectivity index (χ4n) is 2.72. The van der Waals surface area contributed by atoms with Gasteiger partial charge in [-0.2, -0.15) is 0 Å². The molecule has 0 radical (unpaired) electrons. The molecule has 0 N–H and O–H groups in total. The number of carbonyl (C=O) groups excluding carboxylic acids is 3. The minimum absolute atomic E-state index is 0.224. The van der Waals surface area contributed by atoms with Crippen molar-refractivity contribution in [3.05, 3.63) is 95.6 Å². The SMILES string of the molecule is O=C(ON1C(=O)c2ccccc2C1=O)c1ccccc1Sc1ccccc1. The summed E-state index contributed by atoms with van der Waals surface area (Å²) in [7, 11) is 0. The Bertz CT molecular complexity index is 1010. The van der Waals surface area contributed by atoms with Crippen molar-refractivity contribution >= 4 is 29.5 Å². The van der Waals surface area contributed by atoms with Gasteiger partial charge in [-0.15, -0.1) is 0 Å². The number of imide groups is 1. The van der Waals surface area contributed by atoms with Gasteiger partial charge in [-0.25, -0.2) is 4.79 Å². The van der Waals surface area contributed by atoms with Gasteiger partial charge in [0.05, 0.1) is 16.7 Å². The normalized spacial score (nSPS) is 12.8. The Kier molecular flexibility index (Phi) is 4.48. The number of benzene rings is 3. The van der Waals surface area contributed by atoms with Gasteiger partial charge in [-0.1, -0.05) is 59.3 Å². The molecule has 2 amide bonds. The smallest absolute Gasteiger partial charge is 0.324 e. The molecule has 0 saturated heterocycles. The van der Waals surface area contributed by atoms with E-state index in [-0.39, 0.29) is 16.7 Å². The number of rotatable bonds is 4. The fraction of sp³-hybridized carbons (Fsp3) is 0. The largest absolute Gasteiger partial charge is 0.365 e. The molecule has 3 aromatic rings. The number of fused-ring (bicyclic) bond motifs is 1. The highest BCUT2D eigenvalue weighted by molar-refractivity contribution is 7.99. The quantitative estimate of drug-likeness (QED) is 0.640. The molecule has 0 spiro atoms. The number of nitrogens with zero attached hydrogens (tertiary/aromatic N) is 1. The average molecular weight is 375 g/mol. The van der Waals surface area contributed by atoms with Crippen LogP contribution in [-0.2, 0) is 4.84 Å². The van der Waals surface area contributed by atoms with Crippen molar-refractivity contribution in [2.45, 2.75) is 9.79 Å². The van der Waals surface area contributed by atoms with Gasteiger partial charge >= 0.3 is 5.97 Å². The van der Waals surface area contributed by atoms with E-state index in [2.05, 4.69) is 0 Å². The molecular formula is C21H13NO4S. The molecule has 0 bridgehead atoms. The van der Waals surface area contributed by atoms with Crippen molar-refractivity contribution in [2.75, 3.05) is 0 Å². The van der Waals surface area contributed by atoms with Crippen molar-refractivity contribution in [1.29, 1.82) is 0 Å². The van der Waals surface area contributed by atoms with Crippen LogP contribution in [0.25, 0.3) is 0 Å². The van der Waals surface area contributed by atoms with Crippen LogP contribution in [0.1, 0.15) is 31.1 Å². The third-order valence-corrected chi connectivity index (χ3v) is 5.09. The second kappa shape index (κ2) is 7.09. The van der Waals surface area contributed by atoms with Crippen LogP contribution in [0, 0.1) is 0 Å². The molecule has 0 fully saturated rings. The van der Waals surface area contributed by atoms with Gasteiger partial charge in [0.15, 0.2) is 0 Å². The van der Waals surface area contributed by atoms with E-state index in [0.717, 1.165) is 4.90 Å². The standard InChI is InChI=1S/C21H13NO4S/c23-19-15-10-4-5-11-16(15)20(24)22(19)26-21(25)17-12-6-7-13-18(17)27-14-8-2-1-3-9-14/h1-13H. The Morgan fingerprint density at radius 1 is 0.741 bits per heavy atom. The van der Waals surface area contributed by atoms with E-state index < -0.39 is 17.8 Å². The van der Waals surface area contributed by atoms with Crippen LogP contribution < -0.4 is 0 Å². The van der Waals surface area contributed by atoms with Gasteiger partial charge in [0.25, 0.3) is 11.8 Å². The summed E-state index contributed by atoms with van der Waals surface area (Å²) in [5.74, 6) is -2.04. The van der Waals surface area contributed by atoms with E-state index in [9.17, 15) is 14.4 Å². The van der Waals surface area contributed by atoms with Crippen molar-refractivity contribution < 1.29 is 19.2 Å². The molecule has 0 aromatic heterocycles. The Morgan fingerprint density at radius 2 is 1.30 bits per heavy atom. The van der Waals surface area contributed by atoms with Crippen molar-refractivity contribution in [3.63, 3.8) is 0 Å². The molecule has 3 aromatic carbocycles. The minimum atomic E-state index is -0.761. The molecule has 1 aliphatic rings. The van der Waals surface area contributed by atoms with E-state index >= 15 is 0 Å². The molecular weight excluding hydrogens is 362 g/mol. The molecule has 1 heterocycles. The van der Waals surface area contributed by atoms with Crippen molar-refractivity contribution in [2.24, 2.45) is 0 Å². The van der Waals surface area contributed by atoms with E-state index in [1.54, 1.807) is 30.3 Å². The molecule has 27 heavy (non-hydrogen) atoms. The van der Waals surface area contributed by atoms with E-state index in [0.29, 0.717) is 9.96 Å². The van der Waals surface area contributed by atoms with Gasteiger partial charge in [0, 0.05) is 9.79 Å². The zero-order valence-corrected chi connectivity index (χ0v) is 14.8. The lowest BCUT2D eigenvalue weighted by Gasteiger charge is -2.14. The number of amides is 2. The lowest BCUT2D eigenvalue weighted by molar-refractivity contribution is -0.0586. The second-order valence-corrected chi connectivity index (χ2v) is 6.86. The van der Waals surface area contributed by atoms with Crippen molar-refractivity contribution in [1.82, 2.24) is 5.06 Å². The Morgan fingerprint density at radius 3 is 1.96 bits per heavy atom. The first-order valence-corrected chi connectivity index (χ1v) is 8.99. The summed E-state index contributed by atoms with van der Waals surface area (Å²) in [6.45, 7) is 0. The minimum Gasteiger partial charge on any atom is -0.324 e. The fourth-order valence-corrected chi connectivity index (χ4v) is 3.68. The predicted octanol–water partition coefficient (Wildman–Crippen LogP) is 4.21. The van der Waals surface area contributed by atoms with Crippen LogP contribution in [0.3, 0.4) is 0 Å². The molecule has 0 saturated carbocycles. The molecule has 5 nitrogen and oxygen atoms in total. The van der Waals surface area contributed by atoms with Crippen LogP contribution >= 0.6 is 11.8 Å². The lowest BCUT2D eigenvalue weighted by atomic mass is 10.1. The first kappa shape index (κ1) is 17.1. The maximum absolute atomic E-state index is 12.7. The summed E-state index contributed by atoms with van der Waals surface area (Å²) in [5, 5.41) is 0.525. The maximum atomic E-state index is 12.7. The zero-order chi connectivity index (χ0) is 18.8. The van der Waals surface area contributed by atoms with Gasteiger partial charge in [0.2, 0.25) is 0 Å². The summed E-state index contributed by atoms with van der Waals surface area (Å²) in [6, 6.07) is 22.8.